The fraction of sp³-hybridized carbons (Fsp3) is 0.250. The summed E-state index contributed by atoms with van der Waals surface area (Å²) in [7, 11) is 0. The van der Waals surface area contributed by atoms with Crippen LogP contribution >= 0.6 is 34.8 Å². The van der Waals surface area contributed by atoms with E-state index in [1.807, 2.05) is 31.2 Å². The third-order valence-electron chi connectivity index (χ3n) is 6.20. The zero-order valence-electron chi connectivity index (χ0n) is 20.0. The number of amidine groups is 1. The van der Waals surface area contributed by atoms with E-state index in [1.165, 1.54) is 0 Å². The van der Waals surface area contributed by atoms with Gasteiger partial charge in [0.25, 0.3) is 0 Å². The molecule has 0 unspecified atom stereocenters. The summed E-state index contributed by atoms with van der Waals surface area (Å²) in [4.78, 5) is 19.2. The smallest absolute Gasteiger partial charge is 0.215 e. The van der Waals surface area contributed by atoms with Gasteiger partial charge in [0.05, 0.1) is 29.7 Å². The number of nitriles is 1. The summed E-state index contributed by atoms with van der Waals surface area (Å²) < 4.78 is 5.96. The van der Waals surface area contributed by atoms with Crippen molar-refractivity contribution >= 4 is 47.0 Å². The van der Waals surface area contributed by atoms with E-state index in [1.54, 1.807) is 55.1 Å². The Morgan fingerprint density at radius 3 is 2.14 bits per heavy atom. The summed E-state index contributed by atoms with van der Waals surface area (Å²) in [5.41, 5.74) is 2.14. The van der Waals surface area contributed by atoms with Crippen LogP contribution < -0.4 is 4.74 Å². The molecule has 1 heterocycles. The molecule has 3 aromatic carbocycles. The Labute approximate surface area is 225 Å². The van der Waals surface area contributed by atoms with Crippen LogP contribution in [0.3, 0.4) is 0 Å². The Balaban J connectivity index is 1.92. The predicted molar refractivity (Wildman–Crippen MR) is 144 cm³/mol. The van der Waals surface area contributed by atoms with Crippen molar-refractivity contribution in [2.45, 2.75) is 38.3 Å². The molecule has 0 fully saturated rings. The number of carbonyl (C=O) groups is 1. The largest absolute Gasteiger partial charge is 0.493 e. The third-order valence-corrected chi connectivity index (χ3v) is 7.02. The highest BCUT2D eigenvalue weighted by molar-refractivity contribution is 6.32. The molecule has 1 aliphatic heterocycles. The average Bonchev–Trinajstić information content (AvgIpc) is 3.25. The summed E-state index contributed by atoms with van der Waals surface area (Å²) in [5, 5.41) is 11.3. The SMILES string of the molecule is CCOc1cc(C(C)(C)C#N)c(Cl)cc1C1=N[C@@H](c2ccc(Cl)cc2)[C@@H](c2ccc(Cl)cc2)N1C=O. The molecule has 8 heteroatoms. The number of amides is 1. The lowest BCUT2D eigenvalue weighted by molar-refractivity contribution is -0.116. The van der Waals surface area contributed by atoms with Crippen molar-refractivity contribution in [3.8, 4) is 11.8 Å². The molecule has 0 N–H and O–H groups in total. The molecular formula is C28H24Cl3N3O2. The number of rotatable bonds is 7. The first-order valence-corrected chi connectivity index (χ1v) is 12.5. The Bertz CT molecular complexity index is 1350. The van der Waals surface area contributed by atoms with Gasteiger partial charge in [-0.1, -0.05) is 59.1 Å². The number of ether oxygens (including phenoxy) is 1. The summed E-state index contributed by atoms with van der Waals surface area (Å²) >= 11 is 19.0. The number of halogens is 3. The molecule has 1 aliphatic rings. The summed E-state index contributed by atoms with van der Waals surface area (Å²) in [6.45, 7) is 5.84. The van der Waals surface area contributed by atoms with Crippen LogP contribution in [0.5, 0.6) is 5.75 Å². The second kappa shape index (κ2) is 10.5. The van der Waals surface area contributed by atoms with E-state index in [-0.39, 0.29) is 0 Å². The standard InChI is InChI=1S/C28H24Cl3N3O2/c1-4-36-24-14-22(28(2,3)15-32)23(31)13-21(24)27-33-25(17-5-9-19(29)10-6-17)26(34(27)16-35)18-7-11-20(30)12-8-18/h5-14,16,25-26H,4H2,1-3H3/t25-,26+/m0/s1. The molecule has 0 bridgehead atoms. The van der Waals surface area contributed by atoms with Crippen molar-refractivity contribution < 1.29 is 9.53 Å². The van der Waals surface area contributed by atoms with E-state index < -0.39 is 17.5 Å². The van der Waals surface area contributed by atoms with Gasteiger partial charge in [0.15, 0.2) is 0 Å². The van der Waals surface area contributed by atoms with Crippen LogP contribution in [0.2, 0.25) is 15.1 Å². The van der Waals surface area contributed by atoms with Gasteiger partial charge in [0.2, 0.25) is 6.41 Å². The van der Waals surface area contributed by atoms with Gasteiger partial charge in [-0.25, -0.2) is 0 Å². The molecular weight excluding hydrogens is 517 g/mol. The van der Waals surface area contributed by atoms with Crippen LogP contribution in [-0.4, -0.2) is 23.8 Å². The van der Waals surface area contributed by atoms with Gasteiger partial charge in [0, 0.05) is 15.1 Å². The highest BCUT2D eigenvalue weighted by Gasteiger charge is 2.40. The van der Waals surface area contributed by atoms with E-state index >= 15 is 0 Å². The second-order valence-corrected chi connectivity index (χ2v) is 10.2. The zero-order valence-corrected chi connectivity index (χ0v) is 22.3. The van der Waals surface area contributed by atoms with E-state index in [4.69, 9.17) is 44.5 Å². The second-order valence-electron chi connectivity index (χ2n) is 8.96. The Hall–Kier alpha value is -3.04. The minimum atomic E-state index is -0.832. The summed E-state index contributed by atoms with van der Waals surface area (Å²) in [6.07, 6.45) is 0.769. The number of aliphatic imine (C=N–C) groups is 1. The maximum Gasteiger partial charge on any atom is 0.215 e. The number of benzene rings is 3. The minimum Gasteiger partial charge on any atom is -0.493 e. The van der Waals surface area contributed by atoms with Gasteiger partial charge < -0.3 is 4.74 Å². The fourth-order valence-corrected chi connectivity index (χ4v) is 4.99. The van der Waals surface area contributed by atoms with E-state index in [0.717, 1.165) is 17.5 Å². The number of hydrogen-bond acceptors (Lipinski definition) is 4. The Morgan fingerprint density at radius 2 is 1.61 bits per heavy atom. The van der Waals surface area contributed by atoms with E-state index in [2.05, 4.69) is 6.07 Å². The zero-order chi connectivity index (χ0) is 26.0. The van der Waals surface area contributed by atoms with Crippen LogP contribution in [-0.2, 0) is 10.2 Å². The van der Waals surface area contributed by atoms with Crippen molar-refractivity contribution in [2.24, 2.45) is 4.99 Å². The summed E-state index contributed by atoms with van der Waals surface area (Å²) in [6, 6.07) is 19.7. The van der Waals surface area contributed by atoms with Crippen molar-refractivity contribution in [1.29, 1.82) is 5.26 Å². The molecule has 0 radical (unpaired) electrons. The molecule has 4 rings (SSSR count). The van der Waals surface area contributed by atoms with Crippen LogP contribution in [0.25, 0.3) is 0 Å². The normalized spacial score (nSPS) is 17.5. The summed E-state index contributed by atoms with van der Waals surface area (Å²) in [5.74, 6) is 0.925. The molecule has 1 amide bonds. The molecule has 0 saturated carbocycles. The maximum atomic E-state index is 12.6. The molecule has 2 atom stereocenters. The lowest BCUT2D eigenvalue weighted by Crippen LogP contribution is -2.31. The quantitative estimate of drug-likeness (QED) is 0.291. The molecule has 0 spiro atoms. The molecule has 0 aliphatic carbocycles. The predicted octanol–water partition coefficient (Wildman–Crippen LogP) is 7.55. The van der Waals surface area contributed by atoms with E-state index in [9.17, 15) is 10.1 Å². The molecule has 36 heavy (non-hydrogen) atoms. The topological polar surface area (TPSA) is 65.7 Å². The van der Waals surface area contributed by atoms with Crippen LogP contribution in [0.15, 0.2) is 65.7 Å². The van der Waals surface area contributed by atoms with Gasteiger partial charge in [-0.05, 0) is 73.9 Å². The highest BCUT2D eigenvalue weighted by Crippen LogP contribution is 2.45. The van der Waals surface area contributed by atoms with Gasteiger partial charge in [-0.3, -0.25) is 14.7 Å². The van der Waals surface area contributed by atoms with Crippen LogP contribution in [0, 0.1) is 11.3 Å². The van der Waals surface area contributed by atoms with E-state index in [0.29, 0.717) is 44.4 Å². The highest BCUT2D eigenvalue weighted by atomic mass is 35.5. The number of nitrogens with zero attached hydrogens (tertiary/aromatic N) is 3. The minimum absolute atomic E-state index is 0.386. The lowest BCUT2D eigenvalue weighted by Gasteiger charge is -2.27. The molecule has 0 aromatic heterocycles. The monoisotopic (exact) mass is 539 g/mol. The molecule has 3 aromatic rings. The number of hydrogen-bond donors (Lipinski definition) is 0. The van der Waals surface area contributed by atoms with Crippen LogP contribution in [0.1, 0.15) is 55.1 Å². The van der Waals surface area contributed by atoms with Gasteiger partial charge in [-0.15, -0.1) is 0 Å². The van der Waals surface area contributed by atoms with Crippen LogP contribution in [0.4, 0.5) is 0 Å². The number of carbonyl (C=O) groups excluding carboxylic acids is 1. The first kappa shape index (κ1) is 26.0. The van der Waals surface area contributed by atoms with Gasteiger partial charge in [-0.2, -0.15) is 5.26 Å². The first-order chi connectivity index (χ1) is 17.2. The Morgan fingerprint density at radius 1 is 1.03 bits per heavy atom. The molecule has 184 valence electrons. The maximum absolute atomic E-state index is 12.6. The van der Waals surface area contributed by atoms with Gasteiger partial charge >= 0.3 is 0 Å². The lowest BCUT2D eigenvalue weighted by atomic mass is 9.85. The Kier molecular flexibility index (Phi) is 7.61. The van der Waals surface area contributed by atoms with Gasteiger partial charge in [0.1, 0.15) is 17.6 Å². The molecule has 5 nitrogen and oxygen atoms in total. The van der Waals surface area contributed by atoms with Crippen molar-refractivity contribution in [2.75, 3.05) is 6.61 Å². The average molecular weight is 541 g/mol. The van der Waals surface area contributed by atoms with Crippen molar-refractivity contribution in [3.63, 3.8) is 0 Å². The van der Waals surface area contributed by atoms with Crippen molar-refractivity contribution in [3.05, 3.63) is 98.0 Å². The fourth-order valence-electron chi connectivity index (χ4n) is 4.34. The molecule has 0 saturated heterocycles. The third kappa shape index (κ3) is 4.95. The van der Waals surface area contributed by atoms with Crippen molar-refractivity contribution in [1.82, 2.24) is 4.90 Å². The first-order valence-electron chi connectivity index (χ1n) is 11.4.